The lowest BCUT2D eigenvalue weighted by Crippen LogP contribution is -2.48. The predicted molar refractivity (Wildman–Crippen MR) is 118 cm³/mol. The molecule has 1 amide bonds. The van der Waals surface area contributed by atoms with E-state index >= 15 is 0 Å². The maximum Gasteiger partial charge on any atom is 0.311 e. The van der Waals surface area contributed by atoms with Gasteiger partial charge < -0.3 is 14.1 Å². The number of nitrogens with zero attached hydrogens (tertiary/aromatic N) is 3. The maximum absolute atomic E-state index is 13.1. The highest BCUT2D eigenvalue weighted by Gasteiger charge is 2.24. The summed E-state index contributed by atoms with van der Waals surface area (Å²) >= 11 is 0. The molecule has 8 nitrogen and oxygen atoms in total. The SMILES string of the molecule is Cc1ccc(OCc2ccc(C(=O)N3CCN(Cc4ccc(F)cc4)CC3)o2)c([N+](=O)[O-])c1. The van der Waals surface area contributed by atoms with Gasteiger partial charge in [-0.1, -0.05) is 18.2 Å². The fourth-order valence-corrected chi connectivity index (χ4v) is 3.72. The number of rotatable bonds is 7. The van der Waals surface area contributed by atoms with E-state index in [1.54, 1.807) is 48.2 Å². The monoisotopic (exact) mass is 453 g/mol. The summed E-state index contributed by atoms with van der Waals surface area (Å²) in [5.41, 5.74) is 1.68. The minimum absolute atomic E-state index is 0.0252. The molecule has 0 unspecified atom stereocenters. The summed E-state index contributed by atoms with van der Waals surface area (Å²) in [7, 11) is 0. The lowest BCUT2D eigenvalue weighted by Gasteiger charge is -2.34. The van der Waals surface area contributed by atoms with Crippen LogP contribution in [-0.2, 0) is 13.2 Å². The second-order valence-electron chi connectivity index (χ2n) is 7.98. The minimum atomic E-state index is -0.491. The van der Waals surface area contributed by atoms with Gasteiger partial charge in [0.15, 0.2) is 11.5 Å². The van der Waals surface area contributed by atoms with E-state index in [0.29, 0.717) is 38.5 Å². The zero-order valence-corrected chi connectivity index (χ0v) is 18.2. The van der Waals surface area contributed by atoms with Gasteiger partial charge in [-0.3, -0.25) is 19.8 Å². The third-order valence-corrected chi connectivity index (χ3v) is 5.53. The van der Waals surface area contributed by atoms with Crippen molar-refractivity contribution in [1.82, 2.24) is 9.80 Å². The Hall–Kier alpha value is -3.72. The highest BCUT2D eigenvalue weighted by molar-refractivity contribution is 5.91. The van der Waals surface area contributed by atoms with Gasteiger partial charge in [0.25, 0.3) is 5.91 Å². The molecule has 4 rings (SSSR count). The van der Waals surface area contributed by atoms with Gasteiger partial charge >= 0.3 is 5.69 Å². The molecule has 3 aromatic rings. The number of halogens is 1. The number of amides is 1. The zero-order valence-electron chi connectivity index (χ0n) is 18.2. The van der Waals surface area contributed by atoms with Crippen molar-refractivity contribution in [1.29, 1.82) is 0 Å². The molecular formula is C24H24FN3O5. The molecular weight excluding hydrogens is 429 g/mol. The van der Waals surface area contributed by atoms with Crippen molar-refractivity contribution in [2.75, 3.05) is 26.2 Å². The normalized spacial score (nSPS) is 14.3. The number of hydrogen-bond acceptors (Lipinski definition) is 6. The van der Waals surface area contributed by atoms with Crippen LogP contribution < -0.4 is 4.74 Å². The summed E-state index contributed by atoms with van der Waals surface area (Å²) in [5.74, 6) is 0.299. The highest BCUT2D eigenvalue weighted by atomic mass is 19.1. The average Bonchev–Trinajstić information content (AvgIpc) is 3.29. The molecule has 2 heterocycles. The van der Waals surface area contributed by atoms with Gasteiger partial charge in [0.2, 0.25) is 0 Å². The first-order valence-electron chi connectivity index (χ1n) is 10.6. The molecule has 1 fully saturated rings. The number of hydrogen-bond donors (Lipinski definition) is 0. The van der Waals surface area contributed by atoms with Crippen molar-refractivity contribution in [3.05, 3.63) is 93.2 Å². The van der Waals surface area contributed by atoms with E-state index in [0.717, 1.165) is 11.1 Å². The number of benzene rings is 2. The number of carbonyl (C=O) groups excluding carboxylic acids is 1. The van der Waals surface area contributed by atoms with E-state index in [9.17, 15) is 19.3 Å². The van der Waals surface area contributed by atoms with Gasteiger partial charge in [0, 0.05) is 38.8 Å². The molecule has 0 aliphatic carbocycles. The van der Waals surface area contributed by atoms with Gasteiger partial charge in [0.05, 0.1) is 4.92 Å². The van der Waals surface area contributed by atoms with Crippen LogP contribution in [0.2, 0.25) is 0 Å². The molecule has 0 atom stereocenters. The quantitative estimate of drug-likeness (QED) is 0.394. The summed E-state index contributed by atoms with van der Waals surface area (Å²) in [5, 5.41) is 11.2. The topological polar surface area (TPSA) is 89.1 Å². The number of aryl methyl sites for hydroxylation is 1. The Morgan fingerprint density at radius 3 is 2.52 bits per heavy atom. The largest absolute Gasteiger partial charge is 0.479 e. The third-order valence-electron chi connectivity index (χ3n) is 5.53. The van der Waals surface area contributed by atoms with Crippen LogP contribution in [0.3, 0.4) is 0 Å². The zero-order chi connectivity index (χ0) is 23.4. The van der Waals surface area contributed by atoms with Crippen molar-refractivity contribution in [3.63, 3.8) is 0 Å². The fourth-order valence-electron chi connectivity index (χ4n) is 3.72. The Morgan fingerprint density at radius 1 is 1.09 bits per heavy atom. The van der Waals surface area contributed by atoms with Crippen LogP contribution in [0.5, 0.6) is 5.75 Å². The summed E-state index contributed by atoms with van der Waals surface area (Å²) in [6.07, 6.45) is 0. The molecule has 1 aliphatic rings. The van der Waals surface area contributed by atoms with Gasteiger partial charge in [-0.25, -0.2) is 4.39 Å². The fraction of sp³-hybridized carbons (Fsp3) is 0.292. The van der Waals surface area contributed by atoms with E-state index in [2.05, 4.69) is 4.90 Å². The predicted octanol–water partition coefficient (Wildman–Crippen LogP) is 4.17. The van der Waals surface area contributed by atoms with Crippen LogP contribution in [-0.4, -0.2) is 46.8 Å². The molecule has 9 heteroatoms. The van der Waals surface area contributed by atoms with Crippen molar-refractivity contribution in [2.45, 2.75) is 20.1 Å². The summed E-state index contributed by atoms with van der Waals surface area (Å²) in [6, 6.07) is 14.4. The van der Waals surface area contributed by atoms with Crippen molar-refractivity contribution < 1.29 is 23.3 Å². The maximum atomic E-state index is 13.1. The number of carbonyl (C=O) groups is 1. The molecule has 0 saturated carbocycles. The highest BCUT2D eigenvalue weighted by Crippen LogP contribution is 2.28. The Labute approximate surface area is 190 Å². The number of piperazine rings is 1. The van der Waals surface area contributed by atoms with Gasteiger partial charge in [-0.05, 0) is 48.4 Å². The molecule has 2 aromatic carbocycles. The second kappa shape index (κ2) is 9.83. The Bertz CT molecular complexity index is 1140. The number of nitro groups is 1. The lowest BCUT2D eigenvalue weighted by molar-refractivity contribution is -0.386. The summed E-state index contributed by atoms with van der Waals surface area (Å²) < 4.78 is 24.3. The molecule has 0 bridgehead atoms. The summed E-state index contributed by atoms with van der Waals surface area (Å²) in [4.78, 5) is 27.5. The molecule has 0 N–H and O–H groups in total. The Balaban J connectivity index is 1.30. The van der Waals surface area contributed by atoms with E-state index < -0.39 is 4.92 Å². The molecule has 0 spiro atoms. The van der Waals surface area contributed by atoms with E-state index in [-0.39, 0.29) is 35.5 Å². The van der Waals surface area contributed by atoms with Gasteiger partial charge in [0.1, 0.15) is 18.2 Å². The van der Waals surface area contributed by atoms with Crippen LogP contribution in [0, 0.1) is 22.9 Å². The van der Waals surface area contributed by atoms with Crippen LogP contribution in [0.1, 0.15) is 27.4 Å². The van der Waals surface area contributed by atoms with E-state index in [4.69, 9.17) is 9.15 Å². The van der Waals surface area contributed by atoms with Crippen LogP contribution in [0.25, 0.3) is 0 Å². The lowest BCUT2D eigenvalue weighted by atomic mass is 10.2. The molecule has 1 aliphatic heterocycles. The van der Waals surface area contributed by atoms with Crippen LogP contribution in [0.4, 0.5) is 10.1 Å². The standard InChI is InChI=1S/C24H24FN3O5/c1-17-2-8-22(21(14-17)28(30)31)32-16-20-7-9-23(33-20)24(29)27-12-10-26(11-13-27)15-18-3-5-19(25)6-4-18/h2-9,14H,10-13,15-16H2,1H3. The van der Waals surface area contributed by atoms with Crippen molar-refractivity contribution >= 4 is 11.6 Å². The van der Waals surface area contributed by atoms with Crippen LogP contribution in [0.15, 0.2) is 59.0 Å². The molecule has 0 radical (unpaired) electrons. The van der Waals surface area contributed by atoms with Crippen LogP contribution >= 0.6 is 0 Å². The third kappa shape index (κ3) is 5.56. The smallest absolute Gasteiger partial charge is 0.311 e. The number of nitro benzene ring substituents is 1. The molecule has 172 valence electrons. The average molecular weight is 453 g/mol. The van der Waals surface area contributed by atoms with Crippen molar-refractivity contribution in [2.24, 2.45) is 0 Å². The first-order valence-corrected chi connectivity index (χ1v) is 10.6. The Kier molecular flexibility index (Phi) is 6.69. The first kappa shape index (κ1) is 22.5. The van der Waals surface area contributed by atoms with Gasteiger partial charge in [-0.15, -0.1) is 0 Å². The molecule has 1 saturated heterocycles. The minimum Gasteiger partial charge on any atom is -0.479 e. The second-order valence-corrected chi connectivity index (χ2v) is 7.98. The summed E-state index contributed by atoms with van der Waals surface area (Å²) in [6.45, 7) is 4.97. The van der Waals surface area contributed by atoms with E-state index in [1.807, 2.05) is 0 Å². The molecule has 33 heavy (non-hydrogen) atoms. The molecule has 1 aromatic heterocycles. The first-order chi connectivity index (χ1) is 15.9. The number of ether oxygens (including phenoxy) is 1. The van der Waals surface area contributed by atoms with Gasteiger partial charge in [-0.2, -0.15) is 0 Å². The van der Waals surface area contributed by atoms with Crippen molar-refractivity contribution in [3.8, 4) is 5.75 Å². The number of furan rings is 1. The van der Waals surface area contributed by atoms with E-state index in [1.165, 1.54) is 18.2 Å². The Morgan fingerprint density at radius 2 is 1.82 bits per heavy atom.